The van der Waals surface area contributed by atoms with Gasteiger partial charge < -0.3 is 59.6 Å². The van der Waals surface area contributed by atoms with E-state index in [1.54, 1.807) is 33.9 Å². The van der Waals surface area contributed by atoms with Crippen molar-refractivity contribution in [3.8, 4) is 23.0 Å². The Morgan fingerprint density at radius 3 is 1.11 bits per heavy atom. The van der Waals surface area contributed by atoms with Crippen LogP contribution in [0.15, 0.2) is 131 Å². The Morgan fingerprint density at radius 2 is 0.785 bits per heavy atom. The number of para-hydroxylation sites is 4. The monoisotopic (exact) mass is 1530 g/mol. The molecule has 33 heteroatoms. The van der Waals surface area contributed by atoms with E-state index in [1.807, 2.05) is 41.5 Å². The molecule has 592 valence electrons. The number of nitrogens with zero attached hydrogens (tertiary/aromatic N) is 7. The summed E-state index contributed by atoms with van der Waals surface area (Å²) < 4.78 is 181. The molecule has 4 fully saturated rings. The first kappa shape index (κ1) is 88.4. The van der Waals surface area contributed by atoms with Crippen LogP contribution in [0.3, 0.4) is 0 Å². The number of nitrogens with two attached hydrogens (primary N) is 1. The maximum atomic E-state index is 13.0. The maximum absolute atomic E-state index is 13.0. The van der Waals surface area contributed by atoms with Gasteiger partial charge in [0.1, 0.15) is 40.0 Å². The van der Waals surface area contributed by atoms with Crippen molar-refractivity contribution in [3.05, 3.63) is 170 Å². The predicted molar refractivity (Wildman–Crippen MR) is 374 cm³/mol. The number of rotatable bonds is 12. The number of ether oxygens (including phenoxy) is 5. The molecule has 0 bridgehead atoms. The molecule has 21 nitrogen and oxygen atoms in total. The summed E-state index contributed by atoms with van der Waals surface area (Å²) in [6.45, 7) is 17.3. The molecule has 0 spiro atoms. The molecular formula is C74H95F12N9O12. The van der Waals surface area contributed by atoms with E-state index in [9.17, 15) is 76.7 Å². The van der Waals surface area contributed by atoms with Crippen LogP contribution in [0.1, 0.15) is 121 Å². The van der Waals surface area contributed by atoms with E-state index in [1.165, 1.54) is 95.3 Å². The number of aromatic nitrogens is 4. The van der Waals surface area contributed by atoms with Gasteiger partial charge in [0, 0.05) is 72.1 Å². The Kier molecular flexibility index (Phi) is 33.5. The van der Waals surface area contributed by atoms with E-state index in [4.69, 9.17) is 39.6 Å². The summed E-state index contributed by atoms with van der Waals surface area (Å²) in [7, 11) is 3.08. The van der Waals surface area contributed by atoms with E-state index in [0.29, 0.717) is 94.9 Å². The van der Waals surface area contributed by atoms with Crippen molar-refractivity contribution in [2.24, 2.45) is 37.8 Å². The average molecular weight is 1530 g/mol. The van der Waals surface area contributed by atoms with Gasteiger partial charge in [-0.1, -0.05) is 48.5 Å². The minimum Gasteiger partial charge on any atom is -0.507 e. The number of phenolic OH excluding ortho intramolecular Hbond substituents is 1. The Labute approximate surface area is 612 Å². The first-order valence-electron chi connectivity index (χ1n) is 34.6. The number of piperidine rings is 4. The van der Waals surface area contributed by atoms with Crippen molar-refractivity contribution in [3.63, 3.8) is 0 Å². The van der Waals surface area contributed by atoms with Crippen molar-refractivity contribution in [2.45, 2.75) is 135 Å². The zero-order chi connectivity index (χ0) is 79.5. The lowest BCUT2D eigenvalue weighted by atomic mass is 9.97. The second-order valence-corrected chi connectivity index (χ2v) is 27.6. The number of anilines is 1. The number of likely N-dealkylation sites (tertiary alicyclic amines) is 3. The zero-order valence-corrected chi connectivity index (χ0v) is 60.9. The number of hydrogen-bond acceptors (Lipinski definition) is 16. The van der Waals surface area contributed by atoms with Crippen LogP contribution in [0.25, 0.3) is 0 Å². The molecule has 10 rings (SSSR count). The number of alkyl halides is 12. The number of aliphatic hydroxyl groups excluding tert-OH is 1. The quantitative estimate of drug-likeness (QED) is 0.0831. The van der Waals surface area contributed by atoms with Crippen LogP contribution in [-0.4, -0.2) is 153 Å². The van der Waals surface area contributed by atoms with Crippen molar-refractivity contribution in [1.29, 1.82) is 0 Å². The van der Waals surface area contributed by atoms with Gasteiger partial charge in [-0.15, -0.1) is 0 Å². The highest BCUT2D eigenvalue weighted by molar-refractivity contribution is 5.78. The third kappa shape index (κ3) is 31.6. The van der Waals surface area contributed by atoms with Crippen molar-refractivity contribution in [2.75, 3.05) is 84.5 Å². The summed E-state index contributed by atoms with van der Waals surface area (Å²) in [6.07, 6.45) is -11.9. The molecule has 0 radical (unpaired) electrons. The third-order valence-corrected chi connectivity index (χ3v) is 16.8. The molecule has 2 aromatic heterocycles. The number of amides is 3. The zero-order valence-electron chi connectivity index (χ0n) is 60.9. The average Bonchev–Trinajstić information content (AvgIpc) is 0.833. The number of carbonyl (C=O) groups excluding carboxylic acids is 3. The number of carbonyl (C=O) groups is 3. The first-order chi connectivity index (χ1) is 50.0. The minimum atomic E-state index is -4.47. The number of halogens is 12. The fourth-order valence-electron chi connectivity index (χ4n) is 10.9. The summed E-state index contributed by atoms with van der Waals surface area (Å²) >= 11 is 0. The largest absolute Gasteiger partial charge is 0.507 e. The summed E-state index contributed by atoms with van der Waals surface area (Å²) in [5.41, 5.74) is 1.18. The normalized spacial score (nSPS) is 15.7. The van der Waals surface area contributed by atoms with Gasteiger partial charge in [-0.3, -0.25) is 14.4 Å². The lowest BCUT2D eigenvalue weighted by molar-refractivity contribution is -0.140. The van der Waals surface area contributed by atoms with Crippen LogP contribution < -0.4 is 36.4 Å². The minimum absolute atomic E-state index is 0.0662. The molecule has 4 aromatic carbocycles. The highest BCUT2D eigenvalue weighted by Crippen LogP contribution is 2.40. The lowest BCUT2D eigenvalue weighted by Gasteiger charge is -2.33. The number of benzene rings is 4. The summed E-state index contributed by atoms with van der Waals surface area (Å²) in [4.78, 5) is 63.1. The molecule has 4 aliphatic rings. The number of aryl methyl sites for hydroxylation is 2. The Bertz CT molecular complexity index is 3850. The SMILES string of the molecule is CC(C)(C)OC(=O)N1CCC(CO)CC1.CC(C)(C)OC(=O)N1CCC(COc2ccccc2C(F)(F)F)CC1.Cn1nc(CC(=O)N2CCC(COc3ccccc3C(F)(F)F)CC2)ccc1=O.Cn1nc(N)ccc1=O.FC(F)(F)c1ccccc1OCC1CCNCC1.Oc1ccccc1C(F)(F)F. The van der Waals surface area contributed by atoms with Gasteiger partial charge in [0.05, 0.1) is 54.2 Å². The topological polar surface area (TPSA) is 255 Å². The van der Waals surface area contributed by atoms with E-state index in [2.05, 4.69) is 15.5 Å². The van der Waals surface area contributed by atoms with Crippen molar-refractivity contribution >= 4 is 23.9 Å². The van der Waals surface area contributed by atoms with Gasteiger partial charge in [-0.05, 0) is 190 Å². The Balaban J connectivity index is 0.000000240. The summed E-state index contributed by atoms with van der Waals surface area (Å²) in [5, 5.41) is 28.6. The molecule has 0 aliphatic carbocycles. The number of aromatic hydroxyl groups is 1. The third-order valence-electron chi connectivity index (χ3n) is 16.8. The van der Waals surface area contributed by atoms with E-state index in [-0.39, 0.29) is 84.5 Å². The number of phenols is 1. The van der Waals surface area contributed by atoms with Crippen LogP contribution in [-0.2, 0) is 59.5 Å². The van der Waals surface area contributed by atoms with Crippen LogP contribution in [0.4, 0.5) is 68.1 Å². The smallest absolute Gasteiger partial charge is 0.419 e. The van der Waals surface area contributed by atoms with Crippen LogP contribution >= 0.6 is 0 Å². The lowest BCUT2D eigenvalue weighted by Crippen LogP contribution is -2.42. The second-order valence-electron chi connectivity index (χ2n) is 27.6. The highest BCUT2D eigenvalue weighted by atomic mass is 19.4. The fraction of sp³-hybridized carbons (Fsp3) is 0.527. The fourth-order valence-corrected chi connectivity index (χ4v) is 10.9. The standard InChI is InChI=1S/C20H22F3N3O3.C18H24F3NO3.C13H16F3NO.C11H21NO3.C7H5F3O.C5H7N3O/c1-25-18(27)7-6-15(24-25)12-19(28)26-10-8-14(9-11-26)13-29-17-5-3-2-4-16(17)20(21,22)23;1-17(2,3)25-16(23)22-10-8-13(9-11-22)12-24-15-7-5-4-6-14(15)18(19,20)21;14-13(15,16)11-3-1-2-4-12(11)18-9-10-5-7-17-8-6-10;1-11(2,3)15-10(14)12-6-4-9(8-13)5-7-12;8-7(9,10)5-3-1-2-4-6(5)11;1-8-5(9)3-2-4(6)7-8/h2-7,14H,8-13H2,1H3;4-7,13H,8-12H2,1-3H3;1-4,10,17H,5-9H2;9,13H,4-8H2,1-3H3;1-4,11H;2-3H,1H3,(H2,6,7). The van der Waals surface area contributed by atoms with Crippen molar-refractivity contribution < 1.29 is 101 Å². The molecule has 3 amide bonds. The van der Waals surface area contributed by atoms with Crippen molar-refractivity contribution in [1.82, 2.24) is 39.6 Å². The molecular weight excluding hydrogens is 1430 g/mol. The summed E-state index contributed by atoms with van der Waals surface area (Å²) in [5.74, 6) is 0.0367. The summed E-state index contributed by atoms with van der Waals surface area (Å²) in [6, 6.07) is 25.9. The number of nitrogens with one attached hydrogen (secondary N) is 1. The van der Waals surface area contributed by atoms with E-state index in [0.717, 1.165) is 69.1 Å². The molecule has 5 N–H and O–H groups in total. The van der Waals surface area contributed by atoms with E-state index >= 15 is 0 Å². The number of nitrogen functional groups attached to an aromatic ring is 1. The predicted octanol–water partition coefficient (Wildman–Crippen LogP) is 13.9. The van der Waals surface area contributed by atoms with Gasteiger partial charge in [0.25, 0.3) is 11.1 Å². The molecule has 0 atom stereocenters. The molecule has 4 saturated heterocycles. The highest BCUT2D eigenvalue weighted by Gasteiger charge is 2.38. The molecule has 6 heterocycles. The maximum Gasteiger partial charge on any atom is 0.419 e. The number of hydrogen-bond donors (Lipinski definition) is 4. The van der Waals surface area contributed by atoms with Crippen LogP contribution in [0.2, 0.25) is 0 Å². The van der Waals surface area contributed by atoms with Crippen LogP contribution in [0, 0.1) is 23.7 Å². The molecule has 0 saturated carbocycles. The van der Waals surface area contributed by atoms with Gasteiger partial charge in [0.15, 0.2) is 0 Å². The first-order valence-corrected chi connectivity index (χ1v) is 34.6. The number of aliphatic hydroxyl groups is 1. The molecule has 0 unspecified atom stereocenters. The Hall–Kier alpha value is -9.27. The van der Waals surface area contributed by atoms with Gasteiger partial charge in [-0.2, -0.15) is 62.9 Å². The van der Waals surface area contributed by atoms with Gasteiger partial charge in [0.2, 0.25) is 5.91 Å². The van der Waals surface area contributed by atoms with Gasteiger partial charge in [-0.25, -0.2) is 19.0 Å². The molecule has 107 heavy (non-hydrogen) atoms. The molecule has 6 aromatic rings. The van der Waals surface area contributed by atoms with E-state index < -0.39 is 63.9 Å². The van der Waals surface area contributed by atoms with Crippen LogP contribution in [0.5, 0.6) is 23.0 Å². The second kappa shape index (κ2) is 40.6. The Morgan fingerprint density at radius 1 is 0.458 bits per heavy atom. The molecule has 4 aliphatic heterocycles. The van der Waals surface area contributed by atoms with Gasteiger partial charge >= 0.3 is 36.9 Å².